The van der Waals surface area contributed by atoms with Gasteiger partial charge in [0.05, 0.1) is 14.3 Å². The van der Waals surface area contributed by atoms with Crippen molar-refractivity contribution in [2.45, 2.75) is 6.61 Å². The van der Waals surface area contributed by atoms with Gasteiger partial charge in [-0.05, 0) is 57.3 Å². The summed E-state index contributed by atoms with van der Waals surface area (Å²) in [7, 11) is 1.53. The second-order valence-corrected chi connectivity index (χ2v) is 4.43. The smallest absolute Gasteiger partial charge is 0.387 e. The summed E-state index contributed by atoms with van der Waals surface area (Å²) in [5.41, 5.74) is 0. The van der Waals surface area contributed by atoms with Gasteiger partial charge < -0.3 is 9.47 Å². The normalized spacial score (nSPS) is 10.4. The molecule has 6 heteroatoms. The van der Waals surface area contributed by atoms with Crippen molar-refractivity contribution in [2.75, 3.05) is 7.11 Å². The maximum Gasteiger partial charge on any atom is 0.387 e. The van der Waals surface area contributed by atoms with E-state index in [2.05, 4.69) is 4.74 Å². The molecule has 0 spiro atoms. The zero-order chi connectivity index (χ0) is 10.7. The molecule has 0 amide bonds. The third-order valence-electron chi connectivity index (χ3n) is 1.45. The van der Waals surface area contributed by atoms with Gasteiger partial charge >= 0.3 is 6.61 Å². The maximum absolute atomic E-state index is 12.0. The molecule has 0 unspecified atom stereocenters. The average Bonchev–Trinajstić information content (AvgIpc) is 2.13. The fourth-order valence-electron chi connectivity index (χ4n) is 0.859. The van der Waals surface area contributed by atoms with E-state index in [9.17, 15) is 8.78 Å². The van der Waals surface area contributed by atoms with Gasteiger partial charge in [0.15, 0.2) is 0 Å². The molecule has 1 aromatic rings. The second-order valence-electron chi connectivity index (χ2n) is 2.27. The van der Waals surface area contributed by atoms with E-state index in [1.807, 2.05) is 45.2 Å². The van der Waals surface area contributed by atoms with Crippen LogP contribution in [0.4, 0.5) is 8.78 Å². The first-order valence-corrected chi connectivity index (χ1v) is 5.68. The number of ether oxygens (including phenoxy) is 2. The lowest BCUT2D eigenvalue weighted by molar-refractivity contribution is -0.0505. The lowest BCUT2D eigenvalue weighted by atomic mass is 10.3. The largest absolute Gasteiger partial charge is 0.496 e. The average molecular weight is 426 g/mol. The van der Waals surface area contributed by atoms with Crippen molar-refractivity contribution >= 4 is 45.2 Å². The molecule has 0 atom stereocenters. The Labute approximate surface area is 107 Å². The topological polar surface area (TPSA) is 18.5 Å². The van der Waals surface area contributed by atoms with Crippen LogP contribution in [0.3, 0.4) is 0 Å². The van der Waals surface area contributed by atoms with Crippen molar-refractivity contribution < 1.29 is 18.3 Å². The Kier molecular flexibility index (Phi) is 4.61. The molecule has 0 saturated heterocycles. The van der Waals surface area contributed by atoms with E-state index in [0.29, 0.717) is 9.32 Å². The molecule has 2 nitrogen and oxygen atoms in total. The highest BCUT2D eigenvalue weighted by Gasteiger charge is 2.13. The monoisotopic (exact) mass is 426 g/mol. The van der Waals surface area contributed by atoms with Crippen molar-refractivity contribution in [3.05, 3.63) is 19.3 Å². The minimum absolute atomic E-state index is 0.172. The van der Waals surface area contributed by atoms with Gasteiger partial charge in [-0.3, -0.25) is 0 Å². The third kappa shape index (κ3) is 2.81. The van der Waals surface area contributed by atoms with E-state index in [1.165, 1.54) is 13.2 Å². The van der Waals surface area contributed by atoms with Crippen LogP contribution in [0.5, 0.6) is 11.5 Å². The quantitative estimate of drug-likeness (QED) is 0.690. The number of benzene rings is 1. The lowest BCUT2D eigenvalue weighted by Gasteiger charge is -2.10. The maximum atomic E-state index is 12.0. The van der Waals surface area contributed by atoms with Crippen LogP contribution in [0, 0.1) is 7.14 Å². The standard InChI is InChI=1S/C8H6F2I2O2/c1-13-4-2-3-5(14-8(9)10)7(12)6(4)11/h2-3,8H,1H3. The Morgan fingerprint density at radius 1 is 1.14 bits per heavy atom. The summed E-state index contributed by atoms with van der Waals surface area (Å²) in [5.74, 6) is 0.822. The Morgan fingerprint density at radius 3 is 2.14 bits per heavy atom. The Bertz CT molecular complexity index is 331. The zero-order valence-electron chi connectivity index (χ0n) is 7.06. The zero-order valence-corrected chi connectivity index (χ0v) is 11.4. The van der Waals surface area contributed by atoms with Gasteiger partial charge in [-0.15, -0.1) is 0 Å². The molecule has 0 aliphatic heterocycles. The summed E-state index contributed by atoms with van der Waals surface area (Å²) in [6, 6.07) is 3.07. The van der Waals surface area contributed by atoms with Crippen LogP contribution < -0.4 is 9.47 Å². The third-order valence-corrected chi connectivity index (χ3v) is 4.62. The fourth-order valence-corrected chi connectivity index (χ4v) is 2.10. The van der Waals surface area contributed by atoms with Crippen LogP contribution in [0.1, 0.15) is 0 Å². The lowest BCUT2D eigenvalue weighted by Crippen LogP contribution is -2.04. The molecule has 0 aliphatic carbocycles. The number of hydrogen-bond acceptors (Lipinski definition) is 2. The Hall–Kier alpha value is 0.140. The van der Waals surface area contributed by atoms with Crippen LogP contribution in [-0.2, 0) is 0 Å². The van der Waals surface area contributed by atoms with Crippen molar-refractivity contribution in [1.82, 2.24) is 0 Å². The van der Waals surface area contributed by atoms with Crippen LogP contribution in [0.25, 0.3) is 0 Å². The first kappa shape index (κ1) is 12.2. The number of halogens is 4. The second kappa shape index (κ2) is 5.29. The van der Waals surface area contributed by atoms with Crippen molar-refractivity contribution in [3.8, 4) is 11.5 Å². The summed E-state index contributed by atoms with van der Waals surface area (Å²) < 4.78 is 34.7. The van der Waals surface area contributed by atoms with Gasteiger partial charge in [0, 0.05) is 0 Å². The van der Waals surface area contributed by atoms with Gasteiger partial charge in [0.2, 0.25) is 0 Å². The molecule has 0 N–H and O–H groups in total. The summed E-state index contributed by atoms with van der Waals surface area (Å²) in [6.45, 7) is -2.80. The fraction of sp³-hybridized carbons (Fsp3) is 0.250. The Morgan fingerprint density at radius 2 is 1.64 bits per heavy atom. The van der Waals surface area contributed by atoms with E-state index in [0.717, 1.165) is 3.57 Å². The van der Waals surface area contributed by atoms with Crippen molar-refractivity contribution in [3.63, 3.8) is 0 Å². The molecule has 1 aromatic carbocycles. The molecule has 78 valence electrons. The molecule has 1 rings (SSSR count). The molecule has 0 aliphatic rings. The number of rotatable bonds is 3. The van der Waals surface area contributed by atoms with E-state index in [1.54, 1.807) is 6.07 Å². The Balaban J connectivity index is 3.04. The summed E-state index contributed by atoms with van der Waals surface area (Å²) >= 11 is 3.96. The highest BCUT2D eigenvalue weighted by molar-refractivity contribution is 14.1. The highest BCUT2D eigenvalue weighted by atomic mass is 127. The van der Waals surface area contributed by atoms with Gasteiger partial charge in [-0.1, -0.05) is 0 Å². The van der Waals surface area contributed by atoms with Crippen LogP contribution in [0.2, 0.25) is 0 Å². The van der Waals surface area contributed by atoms with Crippen molar-refractivity contribution in [1.29, 1.82) is 0 Å². The van der Waals surface area contributed by atoms with E-state index in [4.69, 9.17) is 4.74 Å². The van der Waals surface area contributed by atoms with Crippen LogP contribution in [-0.4, -0.2) is 13.7 Å². The van der Waals surface area contributed by atoms with Crippen LogP contribution in [0.15, 0.2) is 12.1 Å². The van der Waals surface area contributed by atoms with Gasteiger partial charge in [0.25, 0.3) is 0 Å². The predicted octanol–water partition coefficient (Wildman–Crippen LogP) is 3.51. The summed E-state index contributed by atoms with van der Waals surface area (Å²) in [6.07, 6.45) is 0. The van der Waals surface area contributed by atoms with Gasteiger partial charge in [0.1, 0.15) is 11.5 Å². The van der Waals surface area contributed by atoms with Crippen molar-refractivity contribution in [2.24, 2.45) is 0 Å². The SMILES string of the molecule is COc1ccc(OC(F)F)c(I)c1I. The first-order chi connectivity index (χ1) is 6.56. The minimum atomic E-state index is -2.80. The molecule has 0 saturated carbocycles. The summed E-state index contributed by atoms with van der Waals surface area (Å²) in [4.78, 5) is 0. The molecule has 0 radical (unpaired) electrons. The predicted molar refractivity (Wildman–Crippen MR) is 65.1 cm³/mol. The van der Waals surface area contributed by atoms with E-state index < -0.39 is 6.61 Å². The molecular formula is C8H6F2I2O2. The molecule has 0 bridgehead atoms. The van der Waals surface area contributed by atoms with Gasteiger partial charge in [-0.2, -0.15) is 8.78 Å². The van der Waals surface area contributed by atoms with Gasteiger partial charge in [-0.25, -0.2) is 0 Å². The number of methoxy groups -OCH3 is 1. The number of hydrogen-bond donors (Lipinski definition) is 0. The molecule has 0 fully saturated rings. The molecule has 14 heavy (non-hydrogen) atoms. The summed E-state index contributed by atoms with van der Waals surface area (Å²) in [5, 5.41) is 0. The highest BCUT2D eigenvalue weighted by Crippen LogP contribution is 2.33. The van der Waals surface area contributed by atoms with E-state index in [-0.39, 0.29) is 5.75 Å². The minimum Gasteiger partial charge on any atom is -0.496 e. The molecule has 0 heterocycles. The molecule has 0 aromatic heterocycles. The molecular weight excluding hydrogens is 420 g/mol. The first-order valence-electron chi connectivity index (χ1n) is 3.53. The van der Waals surface area contributed by atoms with E-state index >= 15 is 0 Å². The number of alkyl halides is 2. The van der Waals surface area contributed by atoms with Crippen LogP contribution >= 0.6 is 45.2 Å².